The number of allylic oxidation sites excluding steroid dienone is 1. The van der Waals surface area contributed by atoms with Crippen molar-refractivity contribution in [1.29, 1.82) is 0 Å². The Labute approximate surface area is 97.1 Å². The molecule has 0 bridgehead atoms. The van der Waals surface area contributed by atoms with Crippen LogP contribution in [0.25, 0.3) is 0 Å². The summed E-state index contributed by atoms with van der Waals surface area (Å²) in [4.78, 5) is 9.51. The second kappa shape index (κ2) is 14.1. The Morgan fingerprint density at radius 1 is 1.38 bits per heavy atom. The molecule has 0 saturated carbocycles. The van der Waals surface area contributed by atoms with E-state index in [0.29, 0.717) is 6.54 Å². The highest BCUT2D eigenvalue weighted by Crippen LogP contribution is 2.00. The molecule has 0 aromatic heterocycles. The lowest BCUT2D eigenvalue weighted by atomic mass is 10.1. The predicted octanol–water partition coefficient (Wildman–Crippen LogP) is 0.472. The molecule has 0 heterocycles. The Morgan fingerprint density at radius 2 is 1.94 bits per heavy atom. The summed E-state index contributed by atoms with van der Waals surface area (Å²) >= 11 is 0. The molecule has 0 aliphatic heterocycles. The van der Waals surface area contributed by atoms with Gasteiger partial charge in [-0.25, -0.2) is 4.79 Å². The molecule has 0 aliphatic rings. The monoisotopic (exact) mass is 232 g/mol. The zero-order chi connectivity index (χ0) is 12.8. The van der Waals surface area contributed by atoms with Gasteiger partial charge in [0.05, 0.1) is 0 Å². The summed E-state index contributed by atoms with van der Waals surface area (Å²) < 4.78 is 0. The highest BCUT2D eigenvalue weighted by Gasteiger charge is 1.99. The standard InChI is InChI=1S/C7H18N2O.C4H6O2/c8-5-1-3-7(9)4-2-6-10;1-2-3-4(5)6/h7,10H,1-6,8-9H2;2-3H,1H3,(H,5,6)/b;3-2+. The van der Waals surface area contributed by atoms with Crippen molar-refractivity contribution in [3.05, 3.63) is 12.2 Å². The number of carbonyl (C=O) groups is 1. The number of aliphatic hydroxyl groups is 1. The van der Waals surface area contributed by atoms with Crippen LogP contribution in [0.4, 0.5) is 0 Å². The third-order valence-electron chi connectivity index (χ3n) is 1.82. The van der Waals surface area contributed by atoms with Gasteiger partial charge in [0.1, 0.15) is 0 Å². The minimum atomic E-state index is -0.891. The van der Waals surface area contributed by atoms with Crippen LogP contribution >= 0.6 is 0 Å². The zero-order valence-corrected chi connectivity index (χ0v) is 9.93. The quantitative estimate of drug-likeness (QED) is 0.477. The van der Waals surface area contributed by atoms with Gasteiger partial charge in [0.25, 0.3) is 0 Å². The van der Waals surface area contributed by atoms with Gasteiger partial charge in [0.15, 0.2) is 0 Å². The first-order valence-electron chi connectivity index (χ1n) is 5.50. The molecular formula is C11H24N2O3. The number of hydrogen-bond acceptors (Lipinski definition) is 4. The van der Waals surface area contributed by atoms with Gasteiger partial charge in [-0.2, -0.15) is 0 Å². The maximum Gasteiger partial charge on any atom is 0.327 e. The van der Waals surface area contributed by atoms with Gasteiger partial charge in [0, 0.05) is 18.7 Å². The summed E-state index contributed by atoms with van der Waals surface area (Å²) in [6.07, 6.45) is 6.26. The van der Waals surface area contributed by atoms with Crippen molar-refractivity contribution < 1.29 is 15.0 Å². The van der Waals surface area contributed by atoms with Crippen molar-refractivity contribution in [2.75, 3.05) is 13.2 Å². The van der Waals surface area contributed by atoms with Crippen LogP contribution in [0, 0.1) is 0 Å². The average Bonchev–Trinajstić information content (AvgIpc) is 2.24. The topological polar surface area (TPSA) is 110 Å². The summed E-state index contributed by atoms with van der Waals surface area (Å²) in [6, 6.07) is 0.232. The van der Waals surface area contributed by atoms with Crippen molar-refractivity contribution in [2.24, 2.45) is 11.5 Å². The van der Waals surface area contributed by atoms with Crippen LogP contribution in [0.3, 0.4) is 0 Å². The molecule has 0 aliphatic carbocycles. The molecule has 0 radical (unpaired) electrons. The minimum absolute atomic E-state index is 0.232. The van der Waals surface area contributed by atoms with Gasteiger partial charge >= 0.3 is 5.97 Å². The molecule has 6 N–H and O–H groups in total. The molecule has 1 atom stereocenters. The van der Waals surface area contributed by atoms with E-state index >= 15 is 0 Å². The molecule has 0 aromatic carbocycles. The summed E-state index contributed by atoms with van der Waals surface area (Å²) in [7, 11) is 0. The second-order valence-electron chi connectivity index (χ2n) is 3.40. The Kier molecular flexibility index (Phi) is 15.4. The molecule has 0 saturated heterocycles. The Hall–Kier alpha value is -0.910. The Balaban J connectivity index is 0. The molecule has 96 valence electrons. The molecule has 5 heteroatoms. The largest absolute Gasteiger partial charge is 0.478 e. The SMILES string of the molecule is C/C=C/C(=O)O.NCCCC(N)CCCO. The number of rotatable bonds is 7. The fraction of sp³-hybridized carbons (Fsp3) is 0.727. The zero-order valence-electron chi connectivity index (χ0n) is 9.93. The summed E-state index contributed by atoms with van der Waals surface area (Å²) in [5.41, 5.74) is 11.0. The molecule has 0 spiro atoms. The molecule has 1 unspecified atom stereocenters. The van der Waals surface area contributed by atoms with E-state index in [0.717, 1.165) is 31.8 Å². The van der Waals surface area contributed by atoms with Crippen LogP contribution in [0.15, 0.2) is 12.2 Å². The van der Waals surface area contributed by atoms with Gasteiger partial charge < -0.3 is 21.7 Å². The van der Waals surface area contributed by atoms with Gasteiger partial charge in [-0.1, -0.05) is 6.08 Å². The highest BCUT2D eigenvalue weighted by atomic mass is 16.4. The molecular weight excluding hydrogens is 208 g/mol. The van der Waals surface area contributed by atoms with Crippen LogP contribution in [-0.2, 0) is 4.79 Å². The van der Waals surface area contributed by atoms with Gasteiger partial charge in [-0.15, -0.1) is 0 Å². The molecule has 5 nitrogen and oxygen atoms in total. The normalized spacial score (nSPS) is 12.0. The third kappa shape index (κ3) is 18.8. The van der Waals surface area contributed by atoms with Crippen LogP contribution in [0.2, 0.25) is 0 Å². The number of hydrogen-bond donors (Lipinski definition) is 4. The van der Waals surface area contributed by atoms with Crippen LogP contribution < -0.4 is 11.5 Å². The van der Waals surface area contributed by atoms with E-state index in [4.69, 9.17) is 21.7 Å². The van der Waals surface area contributed by atoms with Crippen molar-refractivity contribution in [3.8, 4) is 0 Å². The van der Waals surface area contributed by atoms with E-state index in [1.54, 1.807) is 6.92 Å². The predicted molar refractivity (Wildman–Crippen MR) is 65.0 cm³/mol. The van der Waals surface area contributed by atoms with Gasteiger partial charge in [-0.05, 0) is 39.2 Å². The molecule has 0 amide bonds. The van der Waals surface area contributed by atoms with Crippen molar-refractivity contribution >= 4 is 5.97 Å². The van der Waals surface area contributed by atoms with Crippen molar-refractivity contribution in [3.63, 3.8) is 0 Å². The first-order valence-corrected chi connectivity index (χ1v) is 5.50. The van der Waals surface area contributed by atoms with Gasteiger partial charge in [-0.3, -0.25) is 0 Å². The van der Waals surface area contributed by atoms with E-state index in [-0.39, 0.29) is 12.6 Å². The minimum Gasteiger partial charge on any atom is -0.478 e. The molecule has 0 fully saturated rings. The molecule has 0 aromatic rings. The number of aliphatic carboxylic acids is 1. The van der Waals surface area contributed by atoms with Crippen molar-refractivity contribution in [1.82, 2.24) is 0 Å². The van der Waals surface area contributed by atoms with E-state index in [1.807, 2.05) is 0 Å². The lowest BCUT2D eigenvalue weighted by Crippen LogP contribution is -2.21. The number of nitrogens with two attached hydrogens (primary N) is 2. The summed E-state index contributed by atoms with van der Waals surface area (Å²) in [5.74, 6) is -0.891. The first-order chi connectivity index (χ1) is 7.58. The Morgan fingerprint density at radius 3 is 2.25 bits per heavy atom. The fourth-order valence-electron chi connectivity index (χ4n) is 1.02. The highest BCUT2D eigenvalue weighted by molar-refractivity contribution is 5.79. The number of aliphatic hydroxyl groups excluding tert-OH is 1. The van der Waals surface area contributed by atoms with Gasteiger partial charge in [0.2, 0.25) is 0 Å². The van der Waals surface area contributed by atoms with Crippen LogP contribution in [0.1, 0.15) is 32.6 Å². The van der Waals surface area contributed by atoms with E-state index in [2.05, 4.69) is 0 Å². The summed E-state index contributed by atoms with van der Waals surface area (Å²) in [5, 5.41) is 16.3. The maximum atomic E-state index is 9.51. The van der Waals surface area contributed by atoms with E-state index < -0.39 is 5.97 Å². The second-order valence-corrected chi connectivity index (χ2v) is 3.40. The van der Waals surface area contributed by atoms with Crippen LogP contribution in [-0.4, -0.2) is 35.4 Å². The Bertz CT molecular complexity index is 176. The van der Waals surface area contributed by atoms with Crippen molar-refractivity contribution in [2.45, 2.75) is 38.6 Å². The lowest BCUT2D eigenvalue weighted by molar-refractivity contribution is -0.131. The van der Waals surface area contributed by atoms with E-state index in [9.17, 15) is 4.79 Å². The molecule has 0 rings (SSSR count). The maximum absolute atomic E-state index is 9.51. The third-order valence-corrected chi connectivity index (χ3v) is 1.82. The summed E-state index contributed by atoms with van der Waals surface area (Å²) in [6.45, 7) is 2.62. The van der Waals surface area contributed by atoms with E-state index in [1.165, 1.54) is 6.08 Å². The fourth-order valence-corrected chi connectivity index (χ4v) is 1.02. The lowest BCUT2D eigenvalue weighted by Gasteiger charge is -2.08. The number of carboxylic acid groups (broad SMARTS) is 1. The molecule has 16 heavy (non-hydrogen) atoms. The van der Waals surface area contributed by atoms with Crippen LogP contribution in [0.5, 0.6) is 0 Å². The number of carboxylic acids is 1. The first kappa shape index (κ1) is 17.5. The smallest absolute Gasteiger partial charge is 0.327 e. The average molecular weight is 232 g/mol.